The van der Waals surface area contributed by atoms with E-state index in [0.29, 0.717) is 0 Å². The third-order valence-electron chi connectivity index (χ3n) is 0.843. The van der Waals surface area contributed by atoms with Crippen LogP contribution >= 0.6 is 0 Å². The van der Waals surface area contributed by atoms with Gasteiger partial charge >= 0.3 is 16.8 Å². The first kappa shape index (κ1) is 12.7. The SMILES string of the molecule is O=N[O-].[Co+2].[NH3+]c1ccccc1. The van der Waals surface area contributed by atoms with Crippen molar-refractivity contribution in [1.29, 1.82) is 0 Å². The Morgan fingerprint density at radius 2 is 1.64 bits per heavy atom. The van der Waals surface area contributed by atoms with Gasteiger partial charge in [-0.1, -0.05) is 18.2 Å². The first-order chi connectivity index (χ1) is 4.81. The molecule has 0 aromatic heterocycles. The fraction of sp³-hybridized carbons (Fsp3) is 0. The Morgan fingerprint density at radius 1 is 1.27 bits per heavy atom. The summed E-state index contributed by atoms with van der Waals surface area (Å²) in [6.45, 7) is 0. The zero-order valence-corrected chi connectivity index (χ0v) is 6.73. The second-order valence-electron chi connectivity index (χ2n) is 1.56. The quantitative estimate of drug-likeness (QED) is 0.495. The zero-order chi connectivity index (χ0) is 7.82. The van der Waals surface area contributed by atoms with Crippen LogP contribution in [0.15, 0.2) is 35.7 Å². The van der Waals surface area contributed by atoms with Gasteiger partial charge in [-0.25, -0.2) is 0 Å². The minimum absolute atomic E-state index is 0. The predicted octanol–water partition coefficient (Wildman–Crippen LogP) is 0.808. The number of rotatable bonds is 0. The van der Waals surface area contributed by atoms with Crippen molar-refractivity contribution in [3.8, 4) is 0 Å². The summed E-state index contributed by atoms with van der Waals surface area (Å²) in [5, 5.41) is 9.00. The Hall–Kier alpha value is -0.914. The topological polar surface area (TPSA) is 80.1 Å². The minimum atomic E-state index is 0. The van der Waals surface area contributed by atoms with Crippen molar-refractivity contribution in [1.82, 2.24) is 0 Å². The summed E-state index contributed by atoms with van der Waals surface area (Å²) < 4.78 is 0. The molecule has 0 saturated carbocycles. The van der Waals surface area contributed by atoms with Crippen LogP contribution in [0.3, 0.4) is 0 Å². The summed E-state index contributed by atoms with van der Waals surface area (Å²) >= 11 is 0. The first-order valence-electron chi connectivity index (χ1n) is 2.63. The number of benzene rings is 1. The molecular formula is C6H8CoN2O2+2. The van der Waals surface area contributed by atoms with Crippen molar-refractivity contribution >= 4 is 5.69 Å². The molecular weight excluding hydrogens is 191 g/mol. The van der Waals surface area contributed by atoms with Crippen LogP contribution in [0.25, 0.3) is 0 Å². The molecule has 11 heavy (non-hydrogen) atoms. The molecule has 1 aromatic carbocycles. The van der Waals surface area contributed by atoms with E-state index in [2.05, 4.69) is 5.73 Å². The third-order valence-corrected chi connectivity index (χ3v) is 0.843. The molecule has 1 radical (unpaired) electrons. The van der Waals surface area contributed by atoms with E-state index in [-0.39, 0.29) is 16.8 Å². The summed E-state index contributed by atoms with van der Waals surface area (Å²) in [7, 11) is 0. The Balaban J connectivity index is 0. The molecule has 0 amide bonds. The summed E-state index contributed by atoms with van der Waals surface area (Å²) in [5.41, 5.74) is 4.79. The van der Waals surface area contributed by atoms with Crippen molar-refractivity contribution in [2.75, 3.05) is 0 Å². The van der Waals surface area contributed by atoms with Crippen LogP contribution in [0.4, 0.5) is 5.69 Å². The van der Waals surface area contributed by atoms with E-state index in [1.54, 1.807) is 0 Å². The molecule has 0 aliphatic carbocycles. The average Bonchev–Trinajstić information content (AvgIpc) is 1.91. The fourth-order valence-electron chi connectivity index (χ4n) is 0.478. The molecule has 3 N–H and O–H groups in total. The van der Waals surface area contributed by atoms with Crippen molar-refractivity contribution in [2.24, 2.45) is 5.34 Å². The summed E-state index contributed by atoms with van der Waals surface area (Å²) in [6, 6.07) is 9.87. The Labute approximate surface area is 74.5 Å². The Morgan fingerprint density at radius 3 is 1.82 bits per heavy atom. The van der Waals surface area contributed by atoms with Crippen LogP contribution in [-0.4, -0.2) is 0 Å². The molecule has 0 fully saturated rings. The van der Waals surface area contributed by atoms with Gasteiger partial charge in [-0.15, -0.1) is 5.34 Å². The molecule has 1 rings (SSSR count). The average molecular weight is 199 g/mol. The first-order valence-corrected chi connectivity index (χ1v) is 2.63. The third kappa shape index (κ3) is 9.09. The number of quaternary nitrogens is 1. The number of nitrogens with zero attached hydrogens (tertiary/aromatic N) is 1. The van der Waals surface area contributed by atoms with E-state index in [9.17, 15) is 0 Å². The molecule has 5 heteroatoms. The number of hydrogen-bond acceptors (Lipinski definition) is 3. The maximum Gasteiger partial charge on any atom is 2.00 e. The van der Waals surface area contributed by atoms with Gasteiger partial charge in [-0.2, -0.15) is 0 Å². The van der Waals surface area contributed by atoms with Gasteiger partial charge in [0.1, 0.15) is 5.69 Å². The van der Waals surface area contributed by atoms with Gasteiger partial charge in [0.25, 0.3) is 0 Å². The van der Waals surface area contributed by atoms with Gasteiger partial charge in [-0.05, 0) is 12.1 Å². The maximum atomic E-state index is 8.00. The van der Waals surface area contributed by atoms with Gasteiger partial charge in [-0.3, -0.25) is 0 Å². The van der Waals surface area contributed by atoms with Crippen LogP contribution in [0.5, 0.6) is 0 Å². The Kier molecular flexibility index (Phi) is 10.5. The maximum absolute atomic E-state index is 8.00. The minimum Gasteiger partial charge on any atom is -0.444 e. The summed E-state index contributed by atoms with van der Waals surface area (Å²) in [5.74, 6) is 0. The van der Waals surface area contributed by atoms with E-state index < -0.39 is 0 Å². The summed E-state index contributed by atoms with van der Waals surface area (Å²) in [4.78, 5) is 8.00. The second-order valence-corrected chi connectivity index (χ2v) is 1.56. The molecule has 1 aromatic rings. The normalized spacial score (nSPS) is 6.64. The van der Waals surface area contributed by atoms with Gasteiger partial charge in [0.15, 0.2) is 0 Å². The van der Waals surface area contributed by atoms with Crippen LogP contribution < -0.4 is 5.73 Å². The van der Waals surface area contributed by atoms with E-state index >= 15 is 0 Å². The second kappa shape index (κ2) is 9.09. The van der Waals surface area contributed by atoms with Crippen molar-refractivity contribution in [3.63, 3.8) is 0 Å². The van der Waals surface area contributed by atoms with Crippen LogP contribution in [-0.2, 0) is 16.8 Å². The molecule has 61 valence electrons. The molecule has 0 aliphatic rings. The smallest absolute Gasteiger partial charge is 0.444 e. The van der Waals surface area contributed by atoms with E-state index in [4.69, 9.17) is 10.1 Å². The van der Waals surface area contributed by atoms with Gasteiger partial charge in [0.2, 0.25) is 0 Å². The Bertz CT molecular complexity index is 181. The molecule has 0 aliphatic heterocycles. The van der Waals surface area contributed by atoms with Crippen molar-refractivity contribution < 1.29 is 22.5 Å². The molecule has 0 heterocycles. The largest absolute Gasteiger partial charge is 2.00 e. The predicted molar refractivity (Wildman–Crippen MR) is 38.2 cm³/mol. The fourth-order valence-corrected chi connectivity index (χ4v) is 0.478. The summed E-state index contributed by atoms with van der Waals surface area (Å²) in [6.07, 6.45) is 0. The molecule has 0 spiro atoms. The molecule has 0 atom stereocenters. The molecule has 0 saturated heterocycles. The van der Waals surface area contributed by atoms with Gasteiger partial charge in [0, 0.05) is 0 Å². The van der Waals surface area contributed by atoms with Crippen molar-refractivity contribution in [2.45, 2.75) is 0 Å². The zero-order valence-electron chi connectivity index (χ0n) is 5.69. The molecule has 0 bridgehead atoms. The number of hydrogen-bond donors (Lipinski definition) is 1. The molecule has 0 unspecified atom stereocenters. The van der Waals surface area contributed by atoms with Crippen LogP contribution in [0.2, 0.25) is 0 Å². The molecule has 4 nitrogen and oxygen atoms in total. The van der Waals surface area contributed by atoms with Gasteiger partial charge < -0.3 is 15.8 Å². The van der Waals surface area contributed by atoms with E-state index in [1.807, 2.05) is 30.3 Å². The monoisotopic (exact) mass is 199 g/mol. The van der Waals surface area contributed by atoms with Crippen molar-refractivity contribution in [3.05, 3.63) is 40.4 Å². The van der Waals surface area contributed by atoms with Crippen LogP contribution in [0, 0.1) is 10.1 Å². The van der Waals surface area contributed by atoms with E-state index in [1.165, 1.54) is 0 Å². The van der Waals surface area contributed by atoms with E-state index in [0.717, 1.165) is 11.0 Å². The van der Waals surface area contributed by atoms with Gasteiger partial charge in [0.05, 0.1) is 0 Å². The van der Waals surface area contributed by atoms with Crippen LogP contribution in [0.1, 0.15) is 0 Å². The standard InChI is InChI=1S/C6H7N.Co.HNO2/c7-6-4-2-1-3-5-6;;2-1-3/h1-5H,7H2;;(H,2,3)/q;+2;.